The topological polar surface area (TPSA) is 41.6 Å². The Labute approximate surface area is 142 Å². The van der Waals surface area contributed by atoms with Crippen molar-refractivity contribution in [1.29, 1.82) is 0 Å². The minimum atomic E-state index is -2.82. The van der Waals surface area contributed by atoms with Crippen molar-refractivity contribution in [1.82, 2.24) is 10.2 Å². The van der Waals surface area contributed by atoms with Crippen LogP contribution in [0.25, 0.3) is 0 Å². The van der Waals surface area contributed by atoms with Gasteiger partial charge in [0.25, 0.3) is 5.92 Å². The predicted molar refractivity (Wildman–Crippen MR) is 83.1 cm³/mol. The van der Waals surface area contributed by atoms with Crippen LogP contribution in [0.15, 0.2) is 18.2 Å². The van der Waals surface area contributed by atoms with Gasteiger partial charge >= 0.3 is 0 Å². The van der Waals surface area contributed by atoms with E-state index in [1.165, 1.54) is 0 Å². The van der Waals surface area contributed by atoms with Gasteiger partial charge in [0.15, 0.2) is 0 Å². The number of hydrogen-bond acceptors (Lipinski definition) is 3. The fourth-order valence-corrected chi connectivity index (χ4v) is 3.18. The molecule has 0 spiro atoms. The smallest absolute Gasteiger partial charge is 0.262 e. The van der Waals surface area contributed by atoms with Gasteiger partial charge < -0.3 is 9.64 Å². The van der Waals surface area contributed by atoms with Crippen LogP contribution in [0.2, 0.25) is 10.0 Å². The zero-order chi connectivity index (χ0) is 16.6. The summed E-state index contributed by atoms with van der Waals surface area (Å²) < 4.78 is 32.2. The fourth-order valence-electron chi connectivity index (χ4n) is 2.87. The molecule has 2 fully saturated rings. The Kier molecular flexibility index (Phi) is 4.78. The SMILES string of the molecule is O=C(C1CC(F)(F)CN1)N1CCOC(c2ccc(Cl)c(Cl)c2)C1. The van der Waals surface area contributed by atoms with Crippen molar-refractivity contribution >= 4 is 29.1 Å². The number of rotatable bonds is 2. The number of carbonyl (C=O) groups excluding carboxylic acids is 1. The summed E-state index contributed by atoms with van der Waals surface area (Å²) in [5, 5.41) is 3.45. The van der Waals surface area contributed by atoms with Crippen LogP contribution in [-0.4, -0.2) is 49.0 Å². The van der Waals surface area contributed by atoms with E-state index in [1.54, 1.807) is 23.1 Å². The number of benzene rings is 1. The number of hydrogen-bond donors (Lipinski definition) is 1. The van der Waals surface area contributed by atoms with Crippen LogP contribution in [0.4, 0.5) is 8.78 Å². The molecule has 126 valence electrons. The zero-order valence-electron chi connectivity index (χ0n) is 12.2. The summed E-state index contributed by atoms with van der Waals surface area (Å²) in [4.78, 5) is 14.0. The molecular weight excluding hydrogens is 349 g/mol. The van der Waals surface area contributed by atoms with E-state index in [2.05, 4.69) is 5.32 Å². The highest BCUT2D eigenvalue weighted by Crippen LogP contribution is 2.30. The number of carbonyl (C=O) groups is 1. The molecule has 2 unspecified atom stereocenters. The molecule has 8 heteroatoms. The van der Waals surface area contributed by atoms with Crippen LogP contribution in [-0.2, 0) is 9.53 Å². The summed E-state index contributed by atoms with van der Waals surface area (Å²) >= 11 is 11.9. The molecule has 2 aliphatic heterocycles. The molecule has 1 aromatic carbocycles. The number of halogens is 4. The first-order valence-corrected chi connectivity index (χ1v) is 8.08. The maximum atomic E-state index is 13.3. The van der Waals surface area contributed by atoms with Gasteiger partial charge in [-0.3, -0.25) is 10.1 Å². The highest BCUT2D eigenvalue weighted by molar-refractivity contribution is 6.42. The third-order valence-electron chi connectivity index (χ3n) is 4.10. The van der Waals surface area contributed by atoms with Crippen LogP contribution < -0.4 is 5.32 Å². The molecule has 1 aromatic rings. The van der Waals surface area contributed by atoms with Gasteiger partial charge in [-0.1, -0.05) is 29.3 Å². The lowest BCUT2D eigenvalue weighted by atomic mass is 10.1. The minimum Gasteiger partial charge on any atom is -0.370 e. The molecule has 4 nitrogen and oxygen atoms in total. The Bertz CT molecular complexity index is 615. The lowest BCUT2D eigenvalue weighted by Gasteiger charge is -2.34. The lowest BCUT2D eigenvalue weighted by Crippen LogP contribution is -2.49. The first-order chi connectivity index (χ1) is 10.9. The van der Waals surface area contributed by atoms with Crippen LogP contribution in [0, 0.1) is 0 Å². The third kappa shape index (κ3) is 3.76. The maximum absolute atomic E-state index is 13.3. The average molecular weight is 365 g/mol. The molecule has 3 rings (SSSR count). The molecule has 0 radical (unpaired) electrons. The van der Waals surface area contributed by atoms with Crippen LogP contribution in [0.5, 0.6) is 0 Å². The van der Waals surface area contributed by atoms with Gasteiger partial charge in [0, 0.05) is 13.0 Å². The van der Waals surface area contributed by atoms with Gasteiger partial charge in [-0.25, -0.2) is 8.78 Å². The van der Waals surface area contributed by atoms with E-state index in [-0.39, 0.29) is 12.0 Å². The van der Waals surface area contributed by atoms with Gasteiger partial charge in [0.05, 0.1) is 35.8 Å². The highest BCUT2D eigenvalue weighted by atomic mass is 35.5. The predicted octanol–water partition coefficient (Wildman–Crippen LogP) is 2.89. The van der Waals surface area contributed by atoms with E-state index < -0.39 is 24.9 Å². The molecule has 2 saturated heterocycles. The largest absolute Gasteiger partial charge is 0.370 e. The molecule has 1 amide bonds. The molecule has 2 heterocycles. The van der Waals surface area contributed by atoms with Gasteiger partial charge in [0.2, 0.25) is 5.91 Å². The molecule has 0 aromatic heterocycles. The molecule has 1 N–H and O–H groups in total. The van der Waals surface area contributed by atoms with E-state index in [0.29, 0.717) is 29.7 Å². The summed E-state index contributed by atoms with van der Waals surface area (Å²) in [6, 6.07) is 4.32. The Hall–Kier alpha value is -0.950. The monoisotopic (exact) mass is 364 g/mol. The molecular formula is C15H16Cl2F2N2O2. The Morgan fingerprint density at radius 2 is 2.13 bits per heavy atom. The van der Waals surface area contributed by atoms with Crippen molar-refractivity contribution in [2.45, 2.75) is 24.5 Å². The van der Waals surface area contributed by atoms with Crippen molar-refractivity contribution in [2.75, 3.05) is 26.2 Å². The molecule has 0 bridgehead atoms. The Morgan fingerprint density at radius 1 is 1.35 bits per heavy atom. The van der Waals surface area contributed by atoms with Crippen LogP contribution >= 0.6 is 23.2 Å². The second-order valence-electron chi connectivity index (χ2n) is 5.81. The fraction of sp³-hybridized carbons (Fsp3) is 0.533. The van der Waals surface area contributed by atoms with Crippen molar-refractivity contribution < 1.29 is 18.3 Å². The van der Waals surface area contributed by atoms with Crippen molar-refractivity contribution in [3.05, 3.63) is 33.8 Å². The summed E-state index contributed by atoms with van der Waals surface area (Å²) in [6.45, 7) is 0.588. The zero-order valence-corrected chi connectivity index (χ0v) is 13.7. The Balaban J connectivity index is 1.68. The first-order valence-electron chi connectivity index (χ1n) is 7.32. The molecule has 23 heavy (non-hydrogen) atoms. The normalized spacial score (nSPS) is 27.2. The number of alkyl halides is 2. The number of amides is 1. The number of morpholine rings is 1. The van der Waals surface area contributed by atoms with E-state index in [4.69, 9.17) is 27.9 Å². The maximum Gasteiger partial charge on any atom is 0.262 e. The van der Waals surface area contributed by atoms with E-state index in [0.717, 1.165) is 5.56 Å². The second-order valence-corrected chi connectivity index (χ2v) is 6.63. The van der Waals surface area contributed by atoms with Crippen LogP contribution in [0.1, 0.15) is 18.1 Å². The van der Waals surface area contributed by atoms with Crippen LogP contribution in [0.3, 0.4) is 0 Å². The summed E-state index contributed by atoms with van der Waals surface area (Å²) in [5.41, 5.74) is 0.807. The highest BCUT2D eigenvalue weighted by Gasteiger charge is 2.44. The minimum absolute atomic E-state index is 0.306. The number of nitrogens with one attached hydrogen (secondary N) is 1. The summed E-state index contributed by atoms with van der Waals surface area (Å²) in [6.07, 6.45) is -0.801. The van der Waals surface area contributed by atoms with Gasteiger partial charge in [-0.05, 0) is 17.7 Å². The third-order valence-corrected chi connectivity index (χ3v) is 4.84. The summed E-state index contributed by atoms with van der Waals surface area (Å²) in [7, 11) is 0. The average Bonchev–Trinajstić information content (AvgIpc) is 2.89. The van der Waals surface area contributed by atoms with Crippen molar-refractivity contribution in [3.63, 3.8) is 0 Å². The molecule has 2 atom stereocenters. The van der Waals surface area contributed by atoms with Gasteiger partial charge in [0.1, 0.15) is 6.10 Å². The van der Waals surface area contributed by atoms with E-state index in [1.807, 2.05) is 0 Å². The number of nitrogens with zero attached hydrogens (tertiary/aromatic N) is 1. The van der Waals surface area contributed by atoms with Crippen molar-refractivity contribution in [2.24, 2.45) is 0 Å². The second kappa shape index (κ2) is 6.51. The Morgan fingerprint density at radius 3 is 2.78 bits per heavy atom. The van der Waals surface area contributed by atoms with Crippen molar-refractivity contribution in [3.8, 4) is 0 Å². The van der Waals surface area contributed by atoms with Gasteiger partial charge in [-0.15, -0.1) is 0 Å². The van der Waals surface area contributed by atoms with E-state index >= 15 is 0 Å². The molecule has 0 aliphatic carbocycles. The first kappa shape index (κ1) is 16.9. The van der Waals surface area contributed by atoms with E-state index in [9.17, 15) is 13.6 Å². The van der Waals surface area contributed by atoms with Gasteiger partial charge in [-0.2, -0.15) is 0 Å². The quantitative estimate of drug-likeness (QED) is 0.877. The lowest BCUT2D eigenvalue weighted by molar-refractivity contribution is -0.141. The molecule has 0 saturated carbocycles. The number of ether oxygens (including phenoxy) is 1. The standard InChI is InChI=1S/C15H16Cl2F2N2O2/c16-10-2-1-9(5-11(10)17)13-7-21(3-4-23-13)14(22)12-6-15(18,19)8-20-12/h1-2,5,12-13,20H,3-4,6-8H2. The molecule has 2 aliphatic rings. The summed E-state index contributed by atoms with van der Waals surface area (Å²) in [5.74, 6) is -3.13.